The van der Waals surface area contributed by atoms with Gasteiger partial charge in [-0.3, -0.25) is 0 Å². The lowest BCUT2D eigenvalue weighted by atomic mass is 10.3. The van der Waals surface area contributed by atoms with Crippen LogP contribution in [0.2, 0.25) is 0 Å². The van der Waals surface area contributed by atoms with E-state index in [1.165, 1.54) is 6.07 Å². The minimum atomic E-state index is -3.37. The van der Waals surface area contributed by atoms with Gasteiger partial charge in [0, 0.05) is 24.5 Å². The van der Waals surface area contributed by atoms with E-state index in [2.05, 4.69) is 0 Å². The number of nitrogens with zero attached hydrogens (tertiary/aromatic N) is 1. The third-order valence-corrected chi connectivity index (χ3v) is 5.62. The molecule has 2 N–H and O–H groups in total. The fourth-order valence-corrected chi connectivity index (χ4v) is 4.32. The summed E-state index contributed by atoms with van der Waals surface area (Å²) >= 11 is 1.80. The minimum Gasteiger partial charge on any atom is -0.399 e. The summed E-state index contributed by atoms with van der Waals surface area (Å²) < 4.78 is 26.3. The molecule has 0 aliphatic carbocycles. The van der Waals surface area contributed by atoms with E-state index < -0.39 is 10.0 Å². The van der Waals surface area contributed by atoms with Crippen LogP contribution in [-0.2, 0) is 10.0 Å². The van der Waals surface area contributed by atoms with Gasteiger partial charge in [-0.15, -0.1) is 0 Å². The van der Waals surface area contributed by atoms with Gasteiger partial charge in [0.1, 0.15) is 0 Å². The topological polar surface area (TPSA) is 63.4 Å². The van der Waals surface area contributed by atoms with Gasteiger partial charge in [0.05, 0.1) is 4.90 Å². The SMILES string of the molecule is Nc1cccc(S(=O)(=O)N2CCCSCC2)c1. The number of rotatable bonds is 2. The lowest BCUT2D eigenvalue weighted by molar-refractivity contribution is 0.435. The molecule has 2 rings (SSSR count). The van der Waals surface area contributed by atoms with E-state index in [1.54, 1.807) is 34.3 Å². The van der Waals surface area contributed by atoms with E-state index in [-0.39, 0.29) is 0 Å². The van der Waals surface area contributed by atoms with Gasteiger partial charge in [-0.25, -0.2) is 8.42 Å². The Labute approximate surface area is 106 Å². The maximum Gasteiger partial charge on any atom is 0.243 e. The van der Waals surface area contributed by atoms with Crippen molar-refractivity contribution in [3.63, 3.8) is 0 Å². The number of anilines is 1. The summed E-state index contributed by atoms with van der Waals surface area (Å²) in [6.45, 7) is 1.19. The van der Waals surface area contributed by atoms with Gasteiger partial charge in [-0.05, 0) is 30.4 Å². The van der Waals surface area contributed by atoms with Crippen LogP contribution >= 0.6 is 11.8 Å². The fourth-order valence-electron chi connectivity index (χ4n) is 1.79. The first-order valence-corrected chi connectivity index (χ1v) is 8.13. The molecule has 1 aliphatic rings. The lowest BCUT2D eigenvalue weighted by Gasteiger charge is -2.19. The van der Waals surface area contributed by atoms with Crippen molar-refractivity contribution in [2.45, 2.75) is 11.3 Å². The van der Waals surface area contributed by atoms with Crippen LogP contribution in [0.5, 0.6) is 0 Å². The Balaban J connectivity index is 2.28. The van der Waals surface area contributed by atoms with Crippen molar-refractivity contribution in [2.24, 2.45) is 0 Å². The molecule has 0 aromatic heterocycles. The molecule has 17 heavy (non-hydrogen) atoms. The van der Waals surface area contributed by atoms with E-state index in [1.807, 2.05) is 0 Å². The van der Waals surface area contributed by atoms with Crippen LogP contribution in [0.1, 0.15) is 6.42 Å². The van der Waals surface area contributed by atoms with E-state index in [0.717, 1.165) is 17.9 Å². The molecule has 1 aromatic rings. The van der Waals surface area contributed by atoms with Crippen molar-refractivity contribution >= 4 is 27.5 Å². The Morgan fingerprint density at radius 1 is 1.24 bits per heavy atom. The van der Waals surface area contributed by atoms with Gasteiger partial charge in [0.15, 0.2) is 0 Å². The molecule has 0 saturated carbocycles. The number of nitrogen functional groups attached to an aromatic ring is 1. The van der Waals surface area contributed by atoms with Crippen LogP contribution in [-0.4, -0.2) is 37.3 Å². The second-order valence-corrected chi connectivity index (χ2v) is 7.11. The third-order valence-electron chi connectivity index (χ3n) is 2.68. The molecule has 4 nitrogen and oxygen atoms in total. The van der Waals surface area contributed by atoms with Gasteiger partial charge < -0.3 is 5.73 Å². The average molecular weight is 272 g/mol. The largest absolute Gasteiger partial charge is 0.399 e. The van der Waals surface area contributed by atoms with Gasteiger partial charge in [-0.1, -0.05) is 6.07 Å². The second kappa shape index (κ2) is 5.29. The molecule has 0 atom stereocenters. The maximum absolute atomic E-state index is 12.4. The molecule has 1 heterocycles. The Kier molecular flexibility index (Phi) is 3.96. The van der Waals surface area contributed by atoms with Crippen LogP contribution < -0.4 is 5.73 Å². The maximum atomic E-state index is 12.4. The quantitative estimate of drug-likeness (QED) is 0.827. The number of nitrogens with two attached hydrogens (primary N) is 1. The van der Waals surface area contributed by atoms with Crippen molar-refractivity contribution in [1.82, 2.24) is 4.31 Å². The van der Waals surface area contributed by atoms with Gasteiger partial charge in [0.25, 0.3) is 0 Å². The zero-order valence-electron chi connectivity index (χ0n) is 9.50. The van der Waals surface area contributed by atoms with Crippen molar-refractivity contribution in [3.8, 4) is 0 Å². The molecule has 0 spiro atoms. The monoisotopic (exact) mass is 272 g/mol. The van der Waals surface area contributed by atoms with Gasteiger partial charge in [-0.2, -0.15) is 16.1 Å². The van der Waals surface area contributed by atoms with E-state index >= 15 is 0 Å². The highest BCUT2D eigenvalue weighted by atomic mass is 32.2. The Bertz CT molecular complexity index is 480. The van der Waals surface area contributed by atoms with E-state index in [0.29, 0.717) is 23.7 Å². The molecule has 1 aliphatic heterocycles. The molecule has 0 unspecified atom stereocenters. The van der Waals surface area contributed by atoms with Crippen LogP contribution in [0.25, 0.3) is 0 Å². The summed E-state index contributed by atoms with van der Waals surface area (Å²) in [5, 5.41) is 0. The first-order valence-electron chi connectivity index (χ1n) is 5.54. The first-order chi connectivity index (χ1) is 8.10. The van der Waals surface area contributed by atoms with Crippen molar-refractivity contribution in [2.75, 3.05) is 30.3 Å². The fraction of sp³-hybridized carbons (Fsp3) is 0.455. The molecule has 1 saturated heterocycles. The standard InChI is InChI=1S/C11H16N2O2S2/c12-10-3-1-4-11(9-10)17(14,15)13-5-2-7-16-8-6-13/h1,3-4,9H,2,5-8,12H2. The molecule has 94 valence electrons. The highest BCUT2D eigenvalue weighted by Gasteiger charge is 2.25. The molecule has 6 heteroatoms. The molecule has 0 bridgehead atoms. The zero-order valence-corrected chi connectivity index (χ0v) is 11.1. The lowest BCUT2D eigenvalue weighted by Crippen LogP contribution is -2.33. The van der Waals surface area contributed by atoms with Gasteiger partial charge >= 0.3 is 0 Å². The summed E-state index contributed by atoms with van der Waals surface area (Å²) in [4.78, 5) is 0.296. The van der Waals surface area contributed by atoms with Crippen molar-refractivity contribution < 1.29 is 8.42 Å². The number of hydrogen-bond donors (Lipinski definition) is 1. The molecule has 0 radical (unpaired) electrons. The predicted octanol–water partition coefficient (Wildman–Crippen LogP) is 1.40. The Morgan fingerprint density at radius 3 is 2.82 bits per heavy atom. The average Bonchev–Trinajstić information content (AvgIpc) is 2.58. The summed E-state index contributed by atoms with van der Waals surface area (Å²) in [5.74, 6) is 1.89. The summed E-state index contributed by atoms with van der Waals surface area (Å²) in [7, 11) is -3.37. The molecular weight excluding hydrogens is 256 g/mol. The second-order valence-electron chi connectivity index (χ2n) is 3.94. The molecule has 1 aromatic carbocycles. The van der Waals surface area contributed by atoms with Crippen molar-refractivity contribution in [3.05, 3.63) is 24.3 Å². The normalized spacial score (nSPS) is 18.8. The summed E-state index contributed by atoms with van der Waals surface area (Å²) in [6.07, 6.45) is 0.909. The molecule has 1 fully saturated rings. The van der Waals surface area contributed by atoms with Crippen molar-refractivity contribution in [1.29, 1.82) is 0 Å². The minimum absolute atomic E-state index is 0.296. The summed E-state index contributed by atoms with van der Waals surface area (Å²) in [6, 6.07) is 6.49. The molecular formula is C11H16N2O2S2. The number of thioether (sulfide) groups is 1. The number of benzene rings is 1. The van der Waals surface area contributed by atoms with Crippen LogP contribution in [0.3, 0.4) is 0 Å². The van der Waals surface area contributed by atoms with E-state index in [4.69, 9.17) is 5.73 Å². The predicted molar refractivity (Wildman–Crippen MR) is 71.6 cm³/mol. The van der Waals surface area contributed by atoms with Crippen LogP contribution in [0.15, 0.2) is 29.2 Å². The van der Waals surface area contributed by atoms with E-state index in [9.17, 15) is 8.42 Å². The summed E-state index contributed by atoms with van der Waals surface area (Å²) in [5.41, 5.74) is 6.11. The Morgan fingerprint density at radius 2 is 2.06 bits per heavy atom. The van der Waals surface area contributed by atoms with Gasteiger partial charge in [0.2, 0.25) is 10.0 Å². The third kappa shape index (κ3) is 2.94. The highest BCUT2D eigenvalue weighted by Crippen LogP contribution is 2.21. The number of sulfonamides is 1. The Hall–Kier alpha value is -0.720. The van der Waals surface area contributed by atoms with Crippen LogP contribution in [0.4, 0.5) is 5.69 Å². The first kappa shape index (κ1) is 12.7. The highest BCUT2D eigenvalue weighted by molar-refractivity contribution is 7.99. The molecule has 0 amide bonds. The van der Waals surface area contributed by atoms with Crippen LogP contribution in [0, 0.1) is 0 Å². The smallest absolute Gasteiger partial charge is 0.243 e. The zero-order chi connectivity index (χ0) is 12.3. The number of hydrogen-bond acceptors (Lipinski definition) is 4.